The summed E-state index contributed by atoms with van der Waals surface area (Å²) in [7, 11) is 3.07. The van der Waals surface area contributed by atoms with Crippen molar-refractivity contribution in [2.45, 2.75) is 69.1 Å². The molecule has 5 rings (SSSR count). The number of carbonyl (C=O) groups excluding carboxylic acids is 3. The zero-order valence-corrected chi connectivity index (χ0v) is 25.4. The van der Waals surface area contributed by atoms with Crippen LogP contribution in [0.25, 0.3) is 0 Å². The second-order valence-corrected chi connectivity index (χ2v) is 11.8. The van der Waals surface area contributed by atoms with Crippen LogP contribution in [0, 0.1) is 5.92 Å². The Morgan fingerprint density at radius 3 is 2.64 bits per heavy atom. The predicted octanol–water partition coefficient (Wildman–Crippen LogP) is 3.18. The zero-order chi connectivity index (χ0) is 31.2. The van der Waals surface area contributed by atoms with Crippen LogP contribution < -0.4 is 19.5 Å². The molecule has 2 aromatic carbocycles. The molecule has 0 radical (unpaired) electrons. The first-order chi connectivity index (χ1) is 21.4. The van der Waals surface area contributed by atoms with E-state index >= 15 is 0 Å². The molecule has 10 nitrogen and oxygen atoms in total. The quantitative estimate of drug-likeness (QED) is 0.296. The van der Waals surface area contributed by atoms with Gasteiger partial charge in [0.15, 0.2) is 11.5 Å². The maximum atomic E-state index is 14.0. The van der Waals surface area contributed by atoms with Crippen LogP contribution in [-0.2, 0) is 16.0 Å². The molecule has 10 heteroatoms. The number of aliphatic hydroxyl groups is 2. The molecule has 1 aliphatic heterocycles. The van der Waals surface area contributed by atoms with Gasteiger partial charge < -0.3 is 34.6 Å². The van der Waals surface area contributed by atoms with Gasteiger partial charge in [-0.25, -0.2) is 0 Å². The van der Waals surface area contributed by atoms with E-state index in [2.05, 4.69) is 5.32 Å². The van der Waals surface area contributed by atoms with Gasteiger partial charge in [-0.05, 0) is 54.7 Å². The van der Waals surface area contributed by atoms with E-state index < -0.39 is 30.1 Å². The van der Waals surface area contributed by atoms with Crippen molar-refractivity contribution >= 4 is 18.1 Å². The van der Waals surface area contributed by atoms with Gasteiger partial charge in [0.25, 0.3) is 0 Å². The molecule has 44 heavy (non-hydrogen) atoms. The van der Waals surface area contributed by atoms with Gasteiger partial charge in [0, 0.05) is 36.2 Å². The van der Waals surface area contributed by atoms with E-state index in [4.69, 9.17) is 14.2 Å². The molecule has 1 saturated carbocycles. The Labute approximate surface area is 258 Å². The van der Waals surface area contributed by atoms with Gasteiger partial charge in [0.2, 0.25) is 11.8 Å². The van der Waals surface area contributed by atoms with Gasteiger partial charge in [-0.3, -0.25) is 14.4 Å². The topological polar surface area (TPSA) is 135 Å². The third-order valence-electron chi connectivity index (χ3n) is 9.11. The minimum Gasteiger partial charge on any atom is -0.497 e. The summed E-state index contributed by atoms with van der Waals surface area (Å²) < 4.78 is 17.2. The summed E-state index contributed by atoms with van der Waals surface area (Å²) in [4.78, 5) is 40.9. The van der Waals surface area contributed by atoms with Crippen molar-refractivity contribution in [3.8, 4) is 17.2 Å². The molecule has 1 heterocycles. The van der Waals surface area contributed by atoms with Crippen LogP contribution in [0.1, 0.15) is 65.9 Å². The van der Waals surface area contributed by atoms with Crippen molar-refractivity contribution in [1.82, 2.24) is 10.2 Å². The average molecular weight is 607 g/mol. The first-order valence-electron chi connectivity index (χ1n) is 15.4. The van der Waals surface area contributed by atoms with Crippen molar-refractivity contribution in [1.29, 1.82) is 0 Å². The van der Waals surface area contributed by atoms with Crippen molar-refractivity contribution in [2.24, 2.45) is 5.92 Å². The van der Waals surface area contributed by atoms with E-state index in [1.165, 1.54) is 20.0 Å². The molecule has 2 amide bonds. The third kappa shape index (κ3) is 6.61. The molecule has 4 atom stereocenters. The average Bonchev–Trinajstić information content (AvgIpc) is 3.72. The number of hydrogen-bond acceptors (Lipinski definition) is 8. The van der Waals surface area contributed by atoms with Gasteiger partial charge >= 0.3 is 0 Å². The van der Waals surface area contributed by atoms with Crippen LogP contribution in [0.3, 0.4) is 0 Å². The number of aliphatic hydroxyl groups excluding tert-OH is 2. The van der Waals surface area contributed by atoms with E-state index in [0.29, 0.717) is 65.5 Å². The summed E-state index contributed by atoms with van der Waals surface area (Å²) in [5, 5.41) is 24.0. The highest BCUT2D eigenvalue weighted by Gasteiger charge is 2.51. The largest absolute Gasteiger partial charge is 0.497 e. The Hall–Kier alpha value is -3.89. The molecular weight excluding hydrogens is 564 g/mol. The number of nitrogens with one attached hydrogen (secondary N) is 1. The Balaban J connectivity index is 1.51. The van der Waals surface area contributed by atoms with Crippen molar-refractivity contribution in [3.63, 3.8) is 0 Å². The number of amides is 2. The molecule has 2 aromatic rings. The van der Waals surface area contributed by atoms with E-state index in [9.17, 15) is 24.6 Å². The lowest BCUT2D eigenvalue weighted by Crippen LogP contribution is -2.56. The Kier molecular flexibility index (Phi) is 10.2. The SMILES string of the molecule is COc1cccc(CCN(C(=O)CCC2CCCC2)C2C=C(C(=O)NCCO)C3c4cc(C=O)cc(OC)c4OC3C2O)c1. The minimum atomic E-state index is -1.17. The second kappa shape index (κ2) is 14.3. The van der Waals surface area contributed by atoms with Crippen LogP contribution >= 0.6 is 0 Å². The normalized spacial score (nSPS) is 22.3. The Bertz CT molecular complexity index is 1390. The number of hydrogen-bond donors (Lipinski definition) is 3. The number of ether oxygens (including phenoxy) is 3. The fourth-order valence-electron chi connectivity index (χ4n) is 6.85. The Morgan fingerprint density at radius 2 is 1.93 bits per heavy atom. The number of aldehydes is 1. The van der Waals surface area contributed by atoms with E-state index in [0.717, 1.165) is 24.8 Å². The summed E-state index contributed by atoms with van der Waals surface area (Å²) in [6.07, 6.45) is 6.53. The lowest BCUT2D eigenvalue weighted by molar-refractivity contribution is -0.137. The van der Waals surface area contributed by atoms with E-state index in [1.807, 2.05) is 24.3 Å². The van der Waals surface area contributed by atoms with Crippen LogP contribution in [0.2, 0.25) is 0 Å². The highest BCUT2D eigenvalue weighted by molar-refractivity contribution is 5.96. The predicted molar refractivity (Wildman–Crippen MR) is 163 cm³/mol. The number of benzene rings is 2. The summed E-state index contributed by atoms with van der Waals surface area (Å²) in [5.74, 6) is 0.657. The van der Waals surface area contributed by atoms with Gasteiger partial charge in [0.1, 0.15) is 24.2 Å². The minimum absolute atomic E-state index is 0.0338. The first-order valence-corrected chi connectivity index (χ1v) is 15.4. The zero-order valence-electron chi connectivity index (χ0n) is 25.4. The van der Waals surface area contributed by atoms with Crippen molar-refractivity contribution in [3.05, 3.63) is 64.7 Å². The van der Waals surface area contributed by atoms with E-state index in [-0.39, 0.29) is 19.1 Å². The van der Waals surface area contributed by atoms with Crippen molar-refractivity contribution in [2.75, 3.05) is 33.9 Å². The van der Waals surface area contributed by atoms with Gasteiger partial charge in [-0.1, -0.05) is 37.8 Å². The summed E-state index contributed by atoms with van der Waals surface area (Å²) in [6, 6.07) is 9.99. The van der Waals surface area contributed by atoms with Crippen LogP contribution in [0.4, 0.5) is 0 Å². The molecule has 3 aliphatic rings. The smallest absolute Gasteiger partial charge is 0.247 e. The molecule has 236 valence electrons. The lowest BCUT2D eigenvalue weighted by atomic mass is 9.77. The van der Waals surface area contributed by atoms with Gasteiger partial charge in [-0.15, -0.1) is 0 Å². The molecule has 0 saturated heterocycles. The molecule has 0 bridgehead atoms. The number of fused-ring (bicyclic) bond motifs is 3. The van der Waals surface area contributed by atoms with Gasteiger partial charge in [0.05, 0.1) is 32.8 Å². The maximum Gasteiger partial charge on any atom is 0.247 e. The number of carbonyl (C=O) groups is 3. The second-order valence-electron chi connectivity index (χ2n) is 11.8. The summed E-state index contributed by atoms with van der Waals surface area (Å²) in [6.45, 7) is 0.0944. The van der Waals surface area contributed by atoms with Crippen molar-refractivity contribution < 1.29 is 38.8 Å². The number of rotatable bonds is 13. The molecule has 4 unspecified atom stereocenters. The highest BCUT2D eigenvalue weighted by atomic mass is 16.5. The fourth-order valence-corrected chi connectivity index (χ4v) is 6.85. The van der Waals surface area contributed by atoms with Crippen LogP contribution in [0.5, 0.6) is 17.2 Å². The maximum absolute atomic E-state index is 14.0. The molecule has 0 aromatic heterocycles. The van der Waals surface area contributed by atoms with Crippen LogP contribution in [0.15, 0.2) is 48.0 Å². The van der Waals surface area contributed by atoms with Crippen LogP contribution in [-0.4, -0.2) is 85.4 Å². The molecule has 2 aliphatic carbocycles. The number of methoxy groups -OCH3 is 2. The fraction of sp³-hybridized carbons (Fsp3) is 0.500. The summed E-state index contributed by atoms with van der Waals surface area (Å²) in [5.41, 5.74) is 2.17. The van der Waals surface area contributed by atoms with E-state index in [1.54, 1.807) is 30.2 Å². The standard InChI is InChI=1S/C34H42N2O8/c1-42-24-9-5-8-22(16-24)12-14-36(29(39)11-10-21-6-3-4-7-21)27-19-26(34(41)35-13-15-37)30-25-17-23(20-38)18-28(43-2)32(25)44-33(30)31(27)40/h5,8-9,16-21,27,30-31,33,37,40H,3-4,6-7,10-15H2,1-2H3,(H,35,41). The lowest BCUT2D eigenvalue weighted by Gasteiger charge is -2.41. The van der Waals surface area contributed by atoms with Gasteiger partial charge in [-0.2, -0.15) is 0 Å². The molecule has 1 fully saturated rings. The summed E-state index contributed by atoms with van der Waals surface area (Å²) >= 11 is 0. The monoisotopic (exact) mass is 606 g/mol. The third-order valence-corrected chi connectivity index (χ3v) is 9.11. The first kappa shape index (κ1) is 31.5. The molecule has 3 N–H and O–H groups in total. The highest BCUT2D eigenvalue weighted by Crippen LogP contribution is 2.51. The Morgan fingerprint density at radius 1 is 1.14 bits per heavy atom. The number of nitrogens with zero attached hydrogens (tertiary/aromatic N) is 1. The molecular formula is C34H42N2O8. The molecule has 0 spiro atoms.